The number of rotatable bonds is 3. The quantitative estimate of drug-likeness (QED) is 0.928. The molecule has 100 valence electrons. The number of hydrogen-bond donors (Lipinski definition) is 1. The number of likely N-dealkylation sites (N-methyl/N-ethyl adjacent to an activating group) is 1. The molecule has 1 fully saturated rings. The van der Waals surface area contributed by atoms with Gasteiger partial charge in [0.2, 0.25) is 0 Å². The second kappa shape index (κ2) is 5.51. The van der Waals surface area contributed by atoms with Crippen LogP contribution < -0.4 is 10.2 Å². The highest BCUT2D eigenvalue weighted by molar-refractivity contribution is 6.37. The molecule has 18 heavy (non-hydrogen) atoms. The summed E-state index contributed by atoms with van der Waals surface area (Å²) in [4.78, 5) is 6.53. The Morgan fingerprint density at radius 1 is 1.44 bits per heavy atom. The van der Waals surface area contributed by atoms with Gasteiger partial charge in [0.15, 0.2) is 0 Å². The Bertz CT molecular complexity index is 442. The summed E-state index contributed by atoms with van der Waals surface area (Å²) in [6.45, 7) is 2.84. The van der Waals surface area contributed by atoms with Crippen molar-refractivity contribution in [3.63, 3.8) is 0 Å². The Hall–Kier alpha value is -0.710. The Morgan fingerprint density at radius 2 is 2.17 bits per heavy atom. The zero-order chi connectivity index (χ0) is 13.3. The van der Waals surface area contributed by atoms with E-state index in [1.807, 2.05) is 7.05 Å². The highest BCUT2D eigenvalue weighted by atomic mass is 35.5. The van der Waals surface area contributed by atoms with Crippen LogP contribution in [0.15, 0.2) is 6.07 Å². The van der Waals surface area contributed by atoms with E-state index in [4.69, 9.17) is 27.9 Å². The van der Waals surface area contributed by atoms with E-state index in [0.29, 0.717) is 21.9 Å². The van der Waals surface area contributed by atoms with Crippen LogP contribution in [0.4, 0.5) is 11.6 Å². The van der Waals surface area contributed by atoms with E-state index < -0.39 is 0 Å². The van der Waals surface area contributed by atoms with Gasteiger partial charge in [0.25, 0.3) is 0 Å². The smallest absolute Gasteiger partial charge is 0.150 e. The highest BCUT2D eigenvalue weighted by Gasteiger charge is 2.30. The second-order valence-electron chi connectivity index (χ2n) is 4.42. The molecule has 0 saturated carbocycles. The lowest BCUT2D eigenvalue weighted by atomic mass is 10.1. The van der Waals surface area contributed by atoms with Crippen molar-refractivity contribution in [1.82, 2.24) is 4.98 Å². The van der Waals surface area contributed by atoms with Crippen molar-refractivity contribution in [3.8, 4) is 0 Å². The van der Waals surface area contributed by atoms with Gasteiger partial charge in [-0.1, -0.05) is 23.2 Å². The van der Waals surface area contributed by atoms with Crippen LogP contribution in [0.1, 0.15) is 13.3 Å². The molecule has 0 aliphatic carbocycles. The molecule has 1 saturated heterocycles. The maximum atomic E-state index is 6.22. The van der Waals surface area contributed by atoms with Crippen LogP contribution in [0, 0.1) is 0 Å². The van der Waals surface area contributed by atoms with Crippen LogP contribution >= 0.6 is 23.2 Å². The molecule has 2 heterocycles. The minimum Gasteiger partial charge on any atom is -0.376 e. The highest BCUT2D eigenvalue weighted by Crippen LogP contribution is 2.33. The predicted molar refractivity (Wildman–Crippen MR) is 76.0 cm³/mol. The standard InChI is InChI=1S/C12H17Cl2N3O/c1-7-10(4-5-18-7)17(3)12-9(14)6-8(13)11(15-2)16-12/h6-7,10H,4-5H2,1-3H3,(H,15,16). The Morgan fingerprint density at radius 3 is 2.72 bits per heavy atom. The molecule has 2 unspecified atom stereocenters. The van der Waals surface area contributed by atoms with Gasteiger partial charge in [0.05, 0.1) is 22.2 Å². The van der Waals surface area contributed by atoms with Crippen LogP contribution in [-0.4, -0.2) is 37.8 Å². The van der Waals surface area contributed by atoms with E-state index in [1.165, 1.54) is 0 Å². The van der Waals surface area contributed by atoms with Gasteiger partial charge < -0.3 is 15.0 Å². The fourth-order valence-corrected chi connectivity index (χ4v) is 2.85. The third-order valence-electron chi connectivity index (χ3n) is 3.32. The van der Waals surface area contributed by atoms with Crippen molar-refractivity contribution < 1.29 is 4.74 Å². The maximum absolute atomic E-state index is 6.22. The summed E-state index contributed by atoms with van der Waals surface area (Å²) >= 11 is 12.3. The van der Waals surface area contributed by atoms with Gasteiger partial charge in [-0.15, -0.1) is 0 Å². The van der Waals surface area contributed by atoms with Crippen molar-refractivity contribution in [3.05, 3.63) is 16.1 Å². The van der Waals surface area contributed by atoms with E-state index in [1.54, 1.807) is 13.1 Å². The van der Waals surface area contributed by atoms with Crippen LogP contribution in [0.5, 0.6) is 0 Å². The molecular weight excluding hydrogens is 273 g/mol. The van der Waals surface area contributed by atoms with Crippen molar-refractivity contribution >= 4 is 34.8 Å². The number of hydrogen-bond acceptors (Lipinski definition) is 4. The molecule has 1 aliphatic heterocycles. The molecule has 2 rings (SSSR count). The van der Waals surface area contributed by atoms with E-state index in [2.05, 4.69) is 22.1 Å². The Balaban J connectivity index is 2.32. The maximum Gasteiger partial charge on any atom is 0.150 e. The summed E-state index contributed by atoms with van der Waals surface area (Å²) in [5.74, 6) is 1.36. The normalized spacial score (nSPS) is 23.2. The molecule has 0 spiro atoms. The lowest BCUT2D eigenvalue weighted by Gasteiger charge is -2.28. The number of pyridine rings is 1. The van der Waals surface area contributed by atoms with Gasteiger partial charge >= 0.3 is 0 Å². The molecule has 6 heteroatoms. The first-order chi connectivity index (χ1) is 8.54. The molecule has 1 N–H and O–H groups in total. The first kappa shape index (κ1) is 13.7. The van der Waals surface area contributed by atoms with Gasteiger partial charge in [-0.2, -0.15) is 0 Å². The molecule has 0 bridgehead atoms. The van der Waals surface area contributed by atoms with E-state index in [0.717, 1.165) is 18.8 Å². The number of anilines is 2. The second-order valence-corrected chi connectivity index (χ2v) is 5.23. The number of ether oxygens (including phenoxy) is 1. The van der Waals surface area contributed by atoms with Crippen molar-refractivity contribution in [2.45, 2.75) is 25.5 Å². The molecule has 2 atom stereocenters. The summed E-state index contributed by atoms with van der Waals surface area (Å²) in [6, 6.07) is 2.01. The number of aromatic nitrogens is 1. The minimum absolute atomic E-state index is 0.182. The number of halogens is 2. The van der Waals surface area contributed by atoms with Gasteiger partial charge in [-0.3, -0.25) is 0 Å². The molecule has 1 aromatic heterocycles. The van der Waals surface area contributed by atoms with E-state index in [9.17, 15) is 0 Å². The lowest BCUT2D eigenvalue weighted by molar-refractivity contribution is 0.118. The van der Waals surface area contributed by atoms with Crippen molar-refractivity contribution in [2.75, 3.05) is 30.9 Å². The molecule has 0 radical (unpaired) electrons. The monoisotopic (exact) mass is 289 g/mol. The van der Waals surface area contributed by atoms with Gasteiger partial charge in [-0.05, 0) is 19.4 Å². The minimum atomic E-state index is 0.182. The van der Waals surface area contributed by atoms with Crippen molar-refractivity contribution in [1.29, 1.82) is 0 Å². The summed E-state index contributed by atoms with van der Waals surface area (Å²) in [5.41, 5.74) is 0. The molecular formula is C12H17Cl2N3O. The predicted octanol–water partition coefficient (Wildman–Crippen LogP) is 3.04. The van der Waals surface area contributed by atoms with Gasteiger partial charge in [-0.25, -0.2) is 4.98 Å². The fraction of sp³-hybridized carbons (Fsp3) is 0.583. The third-order valence-corrected chi connectivity index (χ3v) is 3.88. The summed E-state index contributed by atoms with van der Waals surface area (Å²) in [7, 11) is 3.77. The molecule has 0 aromatic carbocycles. The van der Waals surface area contributed by atoms with Crippen LogP contribution in [-0.2, 0) is 4.74 Å². The Labute approximate surface area is 117 Å². The van der Waals surface area contributed by atoms with Crippen LogP contribution in [0.25, 0.3) is 0 Å². The third kappa shape index (κ3) is 2.51. The SMILES string of the molecule is CNc1nc(N(C)C2CCOC2C)c(Cl)cc1Cl. The largest absolute Gasteiger partial charge is 0.376 e. The molecule has 1 aliphatic rings. The summed E-state index contributed by atoms with van der Waals surface area (Å²) in [6.07, 6.45) is 1.16. The summed E-state index contributed by atoms with van der Waals surface area (Å²) in [5, 5.41) is 4.04. The van der Waals surface area contributed by atoms with Crippen LogP contribution in [0.2, 0.25) is 10.0 Å². The van der Waals surface area contributed by atoms with E-state index in [-0.39, 0.29) is 6.10 Å². The zero-order valence-electron chi connectivity index (χ0n) is 10.7. The van der Waals surface area contributed by atoms with Crippen LogP contribution in [0.3, 0.4) is 0 Å². The average molecular weight is 290 g/mol. The first-order valence-corrected chi connectivity index (χ1v) is 6.68. The first-order valence-electron chi connectivity index (χ1n) is 5.92. The number of nitrogens with one attached hydrogen (secondary N) is 1. The number of nitrogens with zero attached hydrogens (tertiary/aromatic N) is 2. The molecule has 4 nitrogen and oxygen atoms in total. The molecule has 1 aromatic rings. The van der Waals surface area contributed by atoms with Gasteiger partial charge in [0, 0.05) is 20.7 Å². The zero-order valence-corrected chi connectivity index (χ0v) is 12.2. The summed E-state index contributed by atoms with van der Waals surface area (Å²) < 4.78 is 5.57. The Kier molecular flexibility index (Phi) is 4.20. The van der Waals surface area contributed by atoms with E-state index >= 15 is 0 Å². The average Bonchev–Trinajstić information content (AvgIpc) is 2.75. The van der Waals surface area contributed by atoms with Crippen molar-refractivity contribution in [2.24, 2.45) is 0 Å². The fourth-order valence-electron chi connectivity index (χ4n) is 2.27. The lowest BCUT2D eigenvalue weighted by Crippen LogP contribution is -2.37. The topological polar surface area (TPSA) is 37.4 Å². The van der Waals surface area contributed by atoms with Gasteiger partial charge in [0.1, 0.15) is 11.6 Å². The molecule has 0 amide bonds.